The lowest BCUT2D eigenvalue weighted by atomic mass is 9.92. The van der Waals surface area contributed by atoms with Gasteiger partial charge in [0, 0.05) is 29.8 Å². The lowest BCUT2D eigenvalue weighted by Gasteiger charge is -2.17. The highest BCUT2D eigenvalue weighted by Crippen LogP contribution is 2.32. The zero-order chi connectivity index (χ0) is 17.6. The summed E-state index contributed by atoms with van der Waals surface area (Å²) in [6.45, 7) is 2.36. The van der Waals surface area contributed by atoms with E-state index >= 15 is 0 Å². The van der Waals surface area contributed by atoms with E-state index in [1.54, 1.807) is 12.3 Å². The predicted molar refractivity (Wildman–Crippen MR) is 97.3 cm³/mol. The Morgan fingerprint density at radius 2 is 2.12 bits per heavy atom. The molecule has 0 saturated heterocycles. The van der Waals surface area contributed by atoms with Gasteiger partial charge in [-0.2, -0.15) is 0 Å². The Hall–Kier alpha value is -2.49. The minimum Gasteiger partial charge on any atom is -0.462 e. The topological polar surface area (TPSA) is 56.3 Å². The van der Waals surface area contributed by atoms with E-state index in [4.69, 9.17) is 4.74 Å². The second kappa shape index (κ2) is 8.06. The van der Waals surface area contributed by atoms with E-state index in [0.717, 1.165) is 24.6 Å². The van der Waals surface area contributed by atoms with Crippen molar-refractivity contribution in [1.29, 1.82) is 0 Å². The van der Waals surface area contributed by atoms with Gasteiger partial charge in [0.1, 0.15) is 5.78 Å². The van der Waals surface area contributed by atoms with Crippen LogP contribution in [-0.2, 0) is 9.53 Å². The fourth-order valence-corrected chi connectivity index (χ4v) is 3.44. The molecule has 1 aromatic carbocycles. The Kier molecular flexibility index (Phi) is 5.59. The minimum absolute atomic E-state index is 0.0266. The summed E-state index contributed by atoms with van der Waals surface area (Å²) in [5.41, 5.74) is 1.13. The quantitative estimate of drug-likeness (QED) is 0.581. The Morgan fingerprint density at radius 1 is 1.28 bits per heavy atom. The summed E-state index contributed by atoms with van der Waals surface area (Å²) in [4.78, 5) is 28.9. The molecule has 0 spiro atoms. The van der Waals surface area contributed by atoms with Crippen molar-refractivity contribution < 1.29 is 14.3 Å². The van der Waals surface area contributed by atoms with Gasteiger partial charge in [-0.15, -0.1) is 0 Å². The van der Waals surface area contributed by atoms with Crippen molar-refractivity contribution in [3.8, 4) is 0 Å². The number of para-hydroxylation sites is 1. The number of pyridine rings is 1. The molecule has 4 nitrogen and oxygen atoms in total. The zero-order valence-corrected chi connectivity index (χ0v) is 14.5. The third-order valence-corrected chi connectivity index (χ3v) is 4.82. The fraction of sp³-hybridized carbons (Fsp3) is 0.381. The molecule has 130 valence electrons. The molecule has 0 N–H and O–H groups in total. The van der Waals surface area contributed by atoms with Crippen molar-refractivity contribution in [2.24, 2.45) is 11.8 Å². The highest BCUT2D eigenvalue weighted by atomic mass is 16.5. The number of hydrogen-bond donors (Lipinski definition) is 0. The van der Waals surface area contributed by atoms with E-state index in [1.807, 2.05) is 24.3 Å². The van der Waals surface area contributed by atoms with Crippen molar-refractivity contribution in [1.82, 2.24) is 4.98 Å². The number of rotatable bonds is 6. The summed E-state index contributed by atoms with van der Waals surface area (Å²) in [6, 6.07) is 9.25. The van der Waals surface area contributed by atoms with Gasteiger partial charge in [-0.3, -0.25) is 9.78 Å². The molecular formula is C21H23NO3. The van der Waals surface area contributed by atoms with E-state index in [0.29, 0.717) is 24.1 Å². The van der Waals surface area contributed by atoms with Gasteiger partial charge in [0.15, 0.2) is 0 Å². The van der Waals surface area contributed by atoms with E-state index < -0.39 is 0 Å². The maximum absolute atomic E-state index is 12.5. The molecule has 3 rings (SSSR count). The number of hydrogen-bond acceptors (Lipinski definition) is 4. The Morgan fingerprint density at radius 3 is 2.96 bits per heavy atom. The van der Waals surface area contributed by atoms with Crippen molar-refractivity contribution in [2.75, 3.05) is 6.61 Å². The average Bonchev–Trinajstić information content (AvgIpc) is 2.99. The molecule has 1 heterocycles. The number of carbonyl (C=O) groups is 2. The van der Waals surface area contributed by atoms with Gasteiger partial charge in [-0.25, -0.2) is 4.79 Å². The van der Waals surface area contributed by atoms with E-state index in [1.165, 1.54) is 0 Å². The van der Waals surface area contributed by atoms with Crippen LogP contribution in [0.3, 0.4) is 0 Å². The number of benzene rings is 1. The molecule has 0 aliphatic heterocycles. The van der Waals surface area contributed by atoms with Crippen molar-refractivity contribution >= 4 is 22.7 Å². The summed E-state index contributed by atoms with van der Waals surface area (Å²) in [7, 11) is 0. The van der Waals surface area contributed by atoms with Gasteiger partial charge < -0.3 is 4.74 Å². The van der Waals surface area contributed by atoms with Crippen LogP contribution in [0.4, 0.5) is 0 Å². The first kappa shape index (κ1) is 17.3. The Labute approximate surface area is 147 Å². The second-order valence-electron chi connectivity index (χ2n) is 6.47. The molecule has 0 radical (unpaired) electrons. The maximum atomic E-state index is 12.5. The number of carbonyl (C=O) groups excluding carboxylic acids is 2. The number of aromatic nitrogens is 1. The van der Waals surface area contributed by atoms with Crippen molar-refractivity contribution in [3.05, 3.63) is 54.2 Å². The number of ether oxygens (including phenoxy) is 1. The van der Waals surface area contributed by atoms with Gasteiger partial charge in [-0.1, -0.05) is 37.3 Å². The number of nitrogens with zero attached hydrogens (tertiary/aromatic N) is 1. The van der Waals surface area contributed by atoms with Crippen LogP contribution >= 0.6 is 0 Å². The van der Waals surface area contributed by atoms with Crippen LogP contribution < -0.4 is 0 Å². The first-order chi connectivity index (χ1) is 12.2. The highest BCUT2D eigenvalue weighted by molar-refractivity contribution is 6.02. The molecule has 2 unspecified atom stereocenters. The van der Waals surface area contributed by atoms with E-state index in [9.17, 15) is 9.59 Å². The molecular weight excluding hydrogens is 314 g/mol. The molecule has 1 saturated carbocycles. The first-order valence-corrected chi connectivity index (χ1v) is 8.89. The molecule has 2 aromatic rings. The summed E-state index contributed by atoms with van der Waals surface area (Å²) in [5, 5.41) is 0.913. The Balaban J connectivity index is 1.67. The monoisotopic (exact) mass is 337 g/mol. The fourth-order valence-electron chi connectivity index (χ4n) is 3.44. The van der Waals surface area contributed by atoms with Crippen LogP contribution in [0, 0.1) is 11.8 Å². The van der Waals surface area contributed by atoms with Crippen molar-refractivity contribution in [2.45, 2.75) is 32.6 Å². The predicted octanol–water partition coefficient (Wildman–Crippen LogP) is 4.34. The molecule has 0 bridgehead atoms. The molecule has 4 heteroatoms. The van der Waals surface area contributed by atoms with Crippen LogP contribution in [-0.4, -0.2) is 23.3 Å². The second-order valence-corrected chi connectivity index (χ2v) is 6.47. The van der Waals surface area contributed by atoms with Crippen LogP contribution in [0.2, 0.25) is 0 Å². The average molecular weight is 337 g/mol. The normalized spacial score (nSPS) is 20.4. The van der Waals surface area contributed by atoms with Gasteiger partial charge in [0.2, 0.25) is 0 Å². The molecule has 1 aromatic heterocycles. The lowest BCUT2D eigenvalue weighted by molar-refractivity contribution is -0.121. The third kappa shape index (κ3) is 3.95. The molecule has 25 heavy (non-hydrogen) atoms. The Bertz CT molecular complexity index is 791. The van der Waals surface area contributed by atoms with Crippen LogP contribution in [0.25, 0.3) is 10.9 Å². The molecule has 2 atom stereocenters. The summed E-state index contributed by atoms with van der Waals surface area (Å²) >= 11 is 0. The minimum atomic E-state index is -0.369. The number of esters is 1. The highest BCUT2D eigenvalue weighted by Gasteiger charge is 2.34. The van der Waals surface area contributed by atoms with Crippen LogP contribution in [0.15, 0.2) is 48.7 Å². The third-order valence-electron chi connectivity index (χ3n) is 4.82. The molecule has 1 fully saturated rings. The van der Waals surface area contributed by atoms with E-state index in [2.05, 4.69) is 24.1 Å². The standard InChI is InChI=1S/C21H23NO3/c1-2-3-4-9-17-16(11-12-19(17)23)14-25-21(24)18-10-5-7-15-8-6-13-22-20(15)18/h3-8,10,13,16-17H,2,9,11-12,14H2,1H3/b4-3-. The summed E-state index contributed by atoms with van der Waals surface area (Å²) in [5.74, 6) is 0.00210. The van der Waals surface area contributed by atoms with Crippen molar-refractivity contribution in [3.63, 3.8) is 0 Å². The van der Waals surface area contributed by atoms with Crippen LogP contribution in [0.5, 0.6) is 0 Å². The van der Waals surface area contributed by atoms with Gasteiger partial charge in [-0.05, 0) is 31.4 Å². The lowest BCUT2D eigenvalue weighted by Crippen LogP contribution is -2.21. The van der Waals surface area contributed by atoms with E-state index in [-0.39, 0.29) is 23.6 Å². The SMILES string of the molecule is CC/C=C\CC1C(=O)CCC1COC(=O)c1cccc2cccnc12. The molecule has 1 aliphatic carbocycles. The summed E-state index contributed by atoms with van der Waals surface area (Å²) < 4.78 is 5.55. The van der Waals surface area contributed by atoms with Gasteiger partial charge in [0.05, 0.1) is 17.7 Å². The largest absolute Gasteiger partial charge is 0.462 e. The van der Waals surface area contributed by atoms with Crippen LogP contribution in [0.1, 0.15) is 43.0 Å². The number of Topliss-reactive ketones (excluding diaryl/α,β-unsaturated/α-hetero) is 1. The zero-order valence-electron chi connectivity index (χ0n) is 14.5. The maximum Gasteiger partial charge on any atom is 0.340 e. The van der Waals surface area contributed by atoms with Gasteiger partial charge >= 0.3 is 5.97 Å². The first-order valence-electron chi connectivity index (χ1n) is 8.89. The van der Waals surface area contributed by atoms with Gasteiger partial charge in [0.25, 0.3) is 0 Å². The number of fused-ring (bicyclic) bond motifs is 1. The smallest absolute Gasteiger partial charge is 0.340 e. The molecule has 0 amide bonds. The number of allylic oxidation sites excluding steroid dienone is 2. The molecule has 1 aliphatic rings. The number of ketones is 1. The summed E-state index contributed by atoms with van der Waals surface area (Å²) in [6.07, 6.45) is 8.91.